The van der Waals surface area contributed by atoms with Crippen molar-refractivity contribution >= 4 is 0 Å². The van der Waals surface area contributed by atoms with E-state index in [0.29, 0.717) is 12.0 Å². The topological polar surface area (TPSA) is 23.5 Å². The van der Waals surface area contributed by atoms with E-state index < -0.39 is 0 Å². The summed E-state index contributed by atoms with van der Waals surface area (Å²) >= 11 is 0. The molecule has 0 amide bonds. The first-order valence-corrected chi connectivity index (χ1v) is 7.30. The molecule has 2 heteroatoms. The van der Waals surface area contributed by atoms with Crippen molar-refractivity contribution < 1.29 is 5.11 Å². The van der Waals surface area contributed by atoms with Crippen molar-refractivity contribution in [3.63, 3.8) is 0 Å². The van der Waals surface area contributed by atoms with Crippen LogP contribution < -0.4 is 0 Å². The molecule has 1 saturated heterocycles. The number of hydrogen-bond donors (Lipinski definition) is 1. The molecule has 1 N–H and O–H groups in total. The lowest BCUT2D eigenvalue weighted by atomic mass is 9.76. The van der Waals surface area contributed by atoms with Crippen LogP contribution in [0.3, 0.4) is 0 Å². The lowest BCUT2D eigenvalue weighted by Gasteiger charge is -2.46. The van der Waals surface area contributed by atoms with E-state index in [9.17, 15) is 5.11 Å². The molecule has 1 aliphatic heterocycles. The first kappa shape index (κ1) is 12.2. The smallest absolute Gasteiger partial charge is 0.0583 e. The molecule has 1 aliphatic carbocycles. The summed E-state index contributed by atoms with van der Waals surface area (Å²) in [6, 6.07) is 11.3. The normalized spacial score (nSPS) is 33.1. The van der Waals surface area contributed by atoms with Crippen LogP contribution >= 0.6 is 0 Å². The minimum Gasteiger partial charge on any atom is -0.393 e. The van der Waals surface area contributed by atoms with Crippen LogP contribution in [-0.2, 0) is 6.54 Å². The van der Waals surface area contributed by atoms with Crippen LogP contribution in [-0.4, -0.2) is 28.7 Å². The molecule has 1 heterocycles. The van der Waals surface area contributed by atoms with Crippen molar-refractivity contribution in [2.45, 2.75) is 50.8 Å². The first-order valence-electron chi connectivity index (χ1n) is 7.30. The monoisotopic (exact) mass is 245 g/mol. The molecule has 1 saturated carbocycles. The Hall–Kier alpha value is -0.860. The molecule has 3 atom stereocenters. The second-order valence-corrected chi connectivity index (χ2v) is 5.83. The highest BCUT2D eigenvalue weighted by Gasteiger charge is 2.37. The Morgan fingerprint density at radius 3 is 2.72 bits per heavy atom. The zero-order valence-electron chi connectivity index (χ0n) is 11.0. The van der Waals surface area contributed by atoms with Crippen molar-refractivity contribution in [2.24, 2.45) is 5.92 Å². The van der Waals surface area contributed by atoms with Gasteiger partial charge in [-0.1, -0.05) is 30.3 Å². The summed E-state index contributed by atoms with van der Waals surface area (Å²) in [5.74, 6) is 0.524. The highest BCUT2D eigenvalue weighted by molar-refractivity contribution is 5.15. The van der Waals surface area contributed by atoms with Gasteiger partial charge in [0.25, 0.3) is 0 Å². The standard InChI is InChI=1S/C16H23NO/c18-16-10-4-9-15-14(16)8-5-11-17(15)12-13-6-2-1-3-7-13/h1-3,6-7,14-16,18H,4-5,8-12H2/t14-,15-,16+/m1/s1. The Labute approximate surface area is 110 Å². The van der Waals surface area contributed by atoms with Crippen LogP contribution in [0.4, 0.5) is 0 Å². The minimum absolute atomic E-state index is 0.0534. The molecule has 0 bridgehead atoms. The van der Waals surface area contributed by atoms with Gasteiger partial charge in [0.05, 0.1) is 6.10 Å². The third kappa shape index (κ3) is 2.45. The SMILES string of the molecule is O[C@H]1CCC[C@@H]2[C@H]1CCCN2Cc1ccccc1. The van der Waals surface area contributed by atoms with Crippen molar-refractivity contribution in [1.82, 2.24) is 4.90 Å². The van der Waals surface area contributed by atoms with Gasteiger partial charge in [0, 0.05) is 18.5 Å². The van der Waals surface area contributed by atoms with Crippen molar-refractivity contribution in [1.29, 1.82) is 0 Å². The number of benzene rings is 1. The summed E-state index contributed by atoms with van der Waals surface area (Å²) in [6.45, 7) is 2.25. The van der Waals surface area contributed by atoms with Crippen molar-refractivity contribution in [2.75, 3.05) is 6.54 Å². The largest absolute Gasteiger partial charge is 0.393 e. The van der Waals surface area contributed by atoms with Gasteiger partial charge in [-0.2, -0.15) is 0 Å². The highest BCUT2D eigenvalue weighted by atomic mass is 16.3. The number of fused-ring (bicyclic) bond motifs is 1. The molecule has 1 aromatic rings. The van der Waals surface area contributed by atoms with E-state index in [1.807, 2.05) is 0 Å². The van der Waals surface area contributed by atoms with Gasteiger partial charge in [0.1, 0.15) is 0 Å². The number of likely N-dealkylation sites (tertiary alicyclic amines) is 1. The molecule has 2 aliphatic rings. The fourth-order valence-corrected chi connectivity index (χ4v) is 3.77. The maximum absolute atomic E-state index is 10.2. The van der Waals surface area contributed by atoms with Crippen LogP contribution in [0.2, 0.25) is 0 Å². The second kappa shape index (κ2) is 5.41. The lowest BCUT2D eigenvalue weighted by Crippen LogP contribution is -2.50. The van der Waals surface area contributed by atoms with Crippen LogP contribution in [0.15, 0.2) is 30.3 Å². The lowest BCUT2D eigenvalue weighted by molar-refractivity contribution is -0.0301. The molecule has 0 spiro atoms. The van der Waals surface area contributed by atoms with E-state index >= 15 is 0 Å². The summed E-state index contributed by atoms with van der Waals surface area (Å²) in [5.41, 5.74) is 1.40. The van der Waals surface area contributed by atoms with E-state index in [0.717, 1.165) is 13.0 Å². The average Bonchev–Trinajstić information content (AvgIpc) is 2.41. The Bertz CT molecular complexity index is 378. The van der Waals surface area contributed by atoms with E-state index in [4.69, 9.17) is 0 Å². The van der Waals surface area contributed by atoms with Crippen LogP contribution in [0.1, 0.15) is 37.7 Å². The fraction of sp³-hybridized carbons (Fsp3) is 0.625. The van der Waals surface area contributed by atoms with E-state index in [2.05, 4.69) is 35.2 Å². The number of hydrogen-bond acceptors (Lipinski definition) is 2. The molecule has 0 radical (unpaired) electrons. The zero-order valence-corrected chi connectivity index (χ0v) is 11.0. The molecule has 3 rings (SSSR count). The highest BCUT2D eigenvalue weighted by Crippen LogP contribution is 2.36. The molecule has 98 valence electrons. The summed E-state index contributed by atoms with van der Waals surface area (Å²) in [6.07, 6.45) is 5.88. The van der Waals surface area contributed by atoms with Gasteiger partial charge in [-0.05, 0) is 44.2 Å². The maximum Gasteiger partial charge on any atom is 0.0583 e. The summed E-state index contributed by atoms with van der Waals surface area (Å²) < 4.78 is 0. The van der Waals surface area contributed by atoms with E-state index in [-0.39, 0.29) is 6.10 Å². The molecule has 2 nitrogen and oxygen atoms in total. The first-order chi connectivity index (χ1) is 8.84. The molecule has 18 heavy (non-hydrogen) atoms. The number of rotatable bonds is 2. The van der Waals surface area contributed by atoms with Crippen molar-refractivity contribution in [3.05, 3.63) is 35.9 Å². The molecule has 0 aromatic heterocycles. The summed E-state index contributed by atoms with van der Waals surface area (Å²) in [4.78, 5) is 2.60. The molecule has 2 fully saturated rings. The minimum atomic E-state index is -0.0534. The Morgan fingerprint density at radius 2 is 1.89 bits per heavy atom. The van der Waals surface area contributed by atoms with Crippen LogP contribution in [0.25, 0.3) is 0 Å². The van der Waals surface area contributed by atoms with Crippen LogP contribution in [0.5, 0.6) is 0 Å². The molecule has 0 unspecified atom stereocenters. The summed E-state index contributed by atoms with van der Waals surface area (Å²) in [5, 5.41) is 10.2. The predicted octanol–water partition coefficient (Wildman–Crippen LogP) is 2.81. The summed E-state index contributed by atoms with van der Waals surface area (Å²) in [7, 11) is 0. The van der Waals surface area contributed by atoms with Gasteiger partial charge in [0.2, 0.25) is 0 Å². The van der Waals surface area contributed by atoms with Gasteiger partial charge >= 0.3 is 0 Å². The predicted molar refractivity (Wildman–Crippen MR) is 73.2 cm³/mol. The fourth-order valence-electron chi connectivity index (χ4n) is 3.77. The van der Waals surface area contributed by atoms with Gasteiger partial charge in [0.15, 0.2) is 0 Å². The Morgan fingerprint density at radius 1 is 1.06 bits per heavy atom. The van der Waals surface area contributed by atoms with Gasteiger partial charge in [-0.25, -0.2) is 0 Å². The number of piperidine rings is 1. The number of aliphatic hydroxyl groups is 1. The second-order valence-electron chi connectivity index (χ2n) is 5.83. The van der Waals surface area contributed by atoms with Crippen LogP contribution in [0, 0.1) is 5.92 Å². The molecular formula is C16H23NO. The Kier molecular flexibility index (Phi) is 3.67. The Balaban J connectivity index is 1.71. The number of aliphatic hydroxyl groups excluding tert-OH is 1. The molecular weight excluding hydrogens is 222 g/mol. The molecule has 1 aromatic carbocycles. The van der Waals surface area contributed by atoms with Gasteiger partial charge in [-0.15, -0.1) is 0 Å². The maximum atomic E-state index is 10.2. The number of nitrogens with zero attached hydrogens (tertiary/aromatic N) is 1. The van der Waals surface area contributed by atoms with Gasteiger partial charge in [-0.3, -0.25) is 4.90 Å². The third-order valence-electron chi connectivity index (χ3n) is 4.67. The van der Waals surface area contributed by atoms with E-state index in [1.165, 1.54) is 37.8 Å². The van der Waals surface area contributed by atoms with Crippen molar-refractivity contribution in [3.8, 4) is 0 Å². The average molecular weight is 245 g/mol. The zero-order chi connectivity index (χ0) is 12.4. The van der Waals surface area contributed by atoms with E-state index in [1.54, 1.807) is 0 Å². The third-order valence-corrected chi connectivity index (χ3v) is 4.67. The van der Waals surface area contributed by atoms with Gasteiger partial charge < -0.3 is 5.11 Å². The quantitative estimate of drug-likeness (QED) is 0.866.